The molecular weight excluding hydrogens is 308 g/mol. The number of amides is 1. The number of nitrogens with one attached hydrogen (secondary N) is 1. The maximum absolute atomic E-state index is 12.1. The minimum absolute atomic E-state index is 0.110. The van der Waals surface area contributed by atoms with E-state index in [4.69, 9.17) is 9.47 Å². The monoisotopic (exact) mass is 326 g/mol. The number of fused-ring (bicyclic) bond motifs is 1. The summed E-state index contributed by atoms with van der Waals surface area (Å²) in [7, 11) is 1.56. The number of carbonyl (C=O) groups excluding carboxylic acids is 1. The molecule has 0 aliphatic rings. The summed E-state index contributed by atoms with van der Waals surface area (Å²) in [6.45, 7) is 1.74. The Morgan fingerprint density at radius 2 is 1.92 bits per heavy atom. The lowest BCUT2D eigenvalue weighted by molar-refractivity contribution is -0.123. The number of benzene rings is 1. The van der Waals surface area contributed by atoms with Crippen LogP contribution >= 0.6 is 0 Å². The molecule has 2 aromatic heterocycles. The Labute approximate surface area is 139 Å². The van der Waals surface area contributed by atoms with Gasteiger partial charge >= 0.3 is 0 Å². The van der Waals surface area contributed by atoms with Gasteiger partial charge < -0.3 is 14.8 Å². The molecule has 0 spiro atoms. The largest absolute Gasteiger partial charge is 0.493 e. The minimum Gasteiger partial charge on any atom is -0.493 e. The summed E-state index contributed by atoms with van der Waals surface area (Å²) in [5.74, 6) is 1.52. The second-order valence-electron chi connectivity index (χ2n) is 5.22. The fraction of sp³-hybridized carbons (Fsp3) is 0.235. The van der Waals surface area contributed by atoms with E-state index < -0.39 is 0 Å². The van der Waals surface area contributed by atoms with Crippen LogP contribution in [0.5, 0.6) is 11.5 Å². The summed E-state index contributed by atoms with van der Waals surface area (Å²) in [5, 5.41) is 11.1. The van der Waals surface area contributed by atoms with Crippen LogP contribution in [0.1, 0.15) is 18.8 Å². The number of para-hydroxylation sites is 2. The van der Waals surface area contributed by atoms with E-state index in [0.29, 0.717) is 17.3 Å². The van der Waals surface area contributed by atoms with Crippen molar-refractivity contribution in [3.8, 4) is 11.5 Å². The summed E-state index contributed by atoms with van der Waals surface area (Å²) < 4.78 is 12.5. The lowest BCUT2D eigenvalue weighted by Crippen LogP contribution is -2.32. The maximum Gasteiger partial charge on any atom is 0.258 e. The van der Waals surface area contributed by atoms with Crippen molar-refractivity contribution in [2.45, 2.75) is 13.0 Å². The lowest BCUT2D eigenvalue weighted by Gasteiger charge is -2.14. The zero-order chi connectivity index (χ0) is 16.9. The molecule has 0 fully saturated rings. The van der Waals surface area contributed by atoms with Gasteiger partial charge in [-0.05, 0) is 31.2 Å². The molecule has 1 atom stereocenters. The smallest absolute Gasteiger partial charge is 0.258 e. The van der Waals surface area contributed by atoms with Gasteiger partial charge in [0.25, 0.3) is 5.91 Å². The highest BCUT2D eigenvalue weighted by molar-refractivity contribution is 5.78. The van der Waals surface area contributed by atoms with Gasteiger partial charge in [0.05, 0.1) is 13.2 Å². The molecule has 1 unspecified atom stereocenters. The highest BCUT2D eigenvalue weighted by Crippen LogP contribution is 2.25. The van der Waals surface area contributed by atoms with Gasteiger partial charge in [0, 0.05) is 6.20 Å². The fourth-order valence-electron chi connectivity index (χ4n) is 2.38. The third-order valence-electron chi connectivity index (χ3n) is 3.53. The van der Waals surface area contributed by atoms with E-state index >= 15 is 0 Å². The van der Waals surface area contributed by atoms with Crippen LogP contribution in [-0.4, -0.2) is 34.2 Å². The SMILES string of the molecule is COc1ccccc1OCC(=O)NC(C)c1nnc2ccccn12. The summed E-state index contributed by atoms with van der Waals surface area (Å²) in [4.78, 5) is 12.1. The van der Waals surface area contributed by atoms with Gasteiger partial charge in [0.2, 0.25) is 0 Å². The number of hydrogen-bond acceptors (Lipinski definition) is 5. The average molecular weight is 326 g/mol. The van der Waals surface area contributed by atoms with Gasteiger partial charge in [0.15, 0.2) is 29.6 Å². The molecule has 1 amide bonds. The first-order valence-electron chi connectivity index (χ1n) is 7.54. The van der Waals surface area contributed by atoms with Crippen LogP contribution < -0.4 is 14.8 Å². The summed E-state index contributed by atoms with van der Waals surface area (Å²) >= 11 is 0. The quantitative estimate of drug-likeness (QED) is 0.749. The van der Waals surface area contributed by atoms with Crippen LogP contribution in [0.25, 0.3) is 5.65 Å². The highest BCUT2D eigenvalue weighted by atomic mass is 16.5. The van der Waals surface area contributed by atoms with Crippen LogP contribution in [0.3, 0.4) is 0 Å². The van der Waals surface area contributed by atoms with Crippen molar-refractivity contribution in [2.75, 3.05) is 13.7 Å². The Balaban J connectivity index is 1.62. The molecule has 1 N–H and O–H groups in total. The van der Waals surface area contributed by atoms with Crippen molar-refractivity contribution >= 4 is 11.6 Å². The summed E-state index contributed by atoms with van der Waals surface area (Å²) in [5.41, 5.74) is 0.735. The fourth-order valence-corrected chi connectivity index (χ4v) is 2.38. The van der Waals surface area contributed by atoms with E-state index in [1.165, 1.54) is 0 Å². The van der Waals surface area contributed by atoms with Gasteiger partial charge in [0.1, 0.15) is 0 Å². The first-order chi connectivity index (χ1) is 11.7. The number of rotatable bonds is 6. The molecule has 24 heavy (non-hydrogen) atoms. The molecule has 124 valence electrons. The van der Waals surface area contributed by atoms with Crippen LogP contribution in [0.2, 0.25) is 0 Å². The van der Waals surface area contributed by atoms with Crippen molar-refractivity contribution in [1.82, 2.24) is 19.9 Å². The molecule has 0 aliphatic carbocycles. The Hall–Kier alpha value is -3.09. The molecule has 0 radical (unpaired) electrons. The second-order valence-corrected chi connectivity index (χ2v) is 5.22. The van der Waals surface area contributed by atoms with E-state index in [0.717, 1.165) is 5.65 Å². The molecule has 0 aliphatic heterocycles. The Morgan fingerprint density at radius 1 is 1.17 bits per heavy atom. The number of pyridine rings is 1. The van der Waals surface area contributed by atoms with Crippen molar-refractivity contribution in [3.05, 3.63) is 54.5 Å². The standard InChI is InChI=1S/C17H18N4O3/c1-12(17-20-19-15-9-5-6-10-21(15)17)18-16(22)11-24-14-8-4-3-7-13(14)23-2/h3-10,12H,11H2,1-2H3,(H,18,22). The van der Waals surface area contributed by atoms with Crippen molar-refractivity contribution < 1.29 is 14.3 Å². The van der Waals surface area contributed by atoms with Gasteiger partial charge in [-0.2, -0.15) is 0 Å². The molecule has 3 aromatic rings. The Morgan fingerprint density at radius 3 is 2.71 bits per heavy atom. The van der Waals surface area contributed by atoms with E-state index in [-0.39, 0.29) is 18.6 Å². The zero-order valence-electron chi connectivity index (χ0n) is 13.5. The van der Waals surface area contributed by atoms with E-state index in [9.17, 15) is 4.79 Å². The second kappa shape index (κ2) is 6.99. The third-order valence-corrected chi connectivity index (χ3v) is 3.53. The number of ether oxygens (including phenoxy) is 2. The van der Waals surface area contributed by atoms with Crippen LogP contribution in [0.4, 0.5) is 0 Å². The molecule has 3 rings (SSSR count). The van der Waals surface area contributed by atoms with Crippen molar-refractivity contribution in [2.24, 2.45) is 0 Å². The van der Waals surface area contributed by atoms with Crippen LogP contribution in [-0.2, 0) is 4.79 Å². The topological polar surface area (TPSA) is 77.8 Å². The number of methoxy groups -OCH3 is 1. The van der Waals surface area contributed by atoms with Gasteiger partial charge in [-0.25, -0.2) is 0 Å². The summed E-state index contributed by atoms with van der Waals surface area (Å²) in [6.07, 6.45) is 1.86. The molecule has 0 bridgehead atoms. The van der Waals surface area contributed by atoms with E-state index in [1.807, 2.05) is 47.9 Å². The van der Waals surface area contributed by atoms with Crippen molar-refractivity contribution in [3.63, 3.8) is 0 Å². The third kappa shape index (κ3) is 3.29. The molecular formula is C17H18N4O3. The number of nitrogens with zero attached hydrogens (tertiary/aromatic N) is 3. The average Bonchev–Trinajstić information content (AvgIpc) is 3.04. The van der Waals surface area contributed by atoms with E-state index in [1.54, 1.807) is 19.2 Å². The molecule has 2 heterocycles. The highest BCUT2D eigenvalue weighted by Gasteiger charge is 2.16. The molecule has 7 nitrogen and oxygen atoms in total. The minimum atomic E-state index is -0.295. The van der Waals surface area contributed by atoms with Crippen LogP contribution in [0.15, 0.2) is 48.7 Å². The molecule has 0 saturated carbocycles. The molecule has 7 heteroatoms. The predicted octanol–water partition coefficient (Wildman–Crippen LogP) is 1.99. The first-order valence-corrected chi connectivity index (χ1v) is 7.54. The zero-order valence-corrected chi connectivity index (χ0v) is 13.5. The maximum atomic E-state index is 12.1. The first kappa shape index (κ1) is 15.8. The van der Waals surface area contributed by atoms with Crippen molar-refractivity contribution in [1.29, 1.82) is 0 Å². The van der Waals surface area contributed by atoms with Gasteiger partial charge in [-0.15, -0.1) is 10.2 Å². The summed E-state index contributed by atoms with van der Waals surface area (Å²) in [6, 6.07) is 12.5. The van der Waals surface area contributed by atoms with Gasteiger partial charge in [-0.3, -0.25) is 9.20 Å². The number of hydrogen-bond donors (Lipinski definition) is 1. The number of carbonyl (C=O) groups is 1. The van der Waals surface area contributed by atoms with Gasteiger partial charge in [-0.1, -0.05) is 18.2 Å². The normalized spacial score (nSPS) is 11.9. The molecule has 0 saturated heterocycles. The molecule has 1 aromatic carbocycles. The lowest BCUT2D eigenvalue weighted by atomic mass is 10.3. The number of aromatic nitrogens is 3. The van der Waals surface area contributed by atoms with Crippen LogP contribution in [0, 0.1) is 0 Å². The Kier molecular flexibility index (Phi) is 4.60. The Bertz CT molecular complexity index is 846. The van der Waals surface area contributed by atoms with E-state index in [2.05, 4.69) is 15.5 Å². The predicted molar refractivity (Wildman–Crippen MR) is 88.0 cm³/mol.